The van der Waals surface area contributed by atoms with Crippen LogP contribution in [0.2, 0.25) is 0 Å². The third kappa shape index (κ3) is 5.59. The van der Waals surface area contributed by atoms with E-state index >= 15 is 0 Å². The van der Waals surface area contributed by atoms with Crippen LogP contribution in [0.4, 0.5) is 0 Å². The lowest BCUT2D eigenvalue weighted by Crippen LogP contribution is -2.48. The molecule has 1 fully saturated rings. The molecule has 2 aromatic heterocycles. The molecule has 1 atom stereocenters. The Morgan fingerprint density at radius 3 is 2.61 bits per heavy atom. The minimum atomic E-state index is -0.550. The highest BCUT2D eigenvalue weighted by atomic mass is 32.1. The second-order valence-electron chi connectivity index (χ2n) is 8.41. The van der Waals surface area contributed by atoms with Crippen LogP contribution in [-0.2, 0) is 6.54 Å². The van der Waals surface area contributed by atoms with E-state index in [0.717, 1.165) is 54.5 Å². The van der Waals surface area contributed by atoms with Crippen LogP contribution >= 0.6 is 11.3 Å². The summed E-state index contributed by atoms with van der Waals surface area (Å²) in [6, 6.07) is 15.4. The molecule has 1 aliphatic heterocycles. The van der Waals surface area contributed by atoms with Gasteiger partial charge in [-0.05, 0) is 31.2 Å². The normalized spacial score (nSPS) is 16.3. The monoisotopic (exact) mass is 464 g/mol. The summed E-state index contributed by atoms with van der Waals surface area (Å²) in [4.78, 5) is 13.9. The second-order valence-corrected chi connectivity index (χ2v) is 9.48. The van der Waals surface area contributed by atoms with Crippen LogP contribution in [0, 0.1) is 6.92 Å². The minimum Gasteiger partial charge on any atom is -0.491 e. The smallest absolute Gasteiger partial charge is 0.227 e. The fraction of sp³-hybridized carbons (Fsp3) is 0.360. The molecule has 4 aromatic rings. The summed E-state index contributed by atoms with van der Waals surface area (Å²) in [7, 11) is 0. The van der Waals surface area contributed by atoms with Gasteiger partial charge in [0.05, 0.1) is 10.7 Å². The van der Waals surface area contributed by atoms with E-state index in [1.165, 1.54) is 0 Å². The molecule has 1 unspecified atom stereocenters. The molecule has 0 amide bonds. The van der Waals surface area contributed by atoms with Crippen LogP contribution in [-0.4, -0.2) is 70.3 Å². The van der Waals surface area contributed by atoms with Crippen LogP contribution in [0.1, 0.15) is 10.7 Å². The highest BCUT2D eigenvalue weighted by Gasteiger charge is 2.20. The van der Waals surface area contributed by atoms with Crippen molar-refractivity contribution >= 4 is 22.4 Å². The van der Waals surface area contributed by atoms with E-state index in [0.29, 0.717) is 23.8 Å². The Morgan fingerprint density at radius 2 is 1.85 bits per heavy atom. The molecule has 3 heterocycles. The molecule has 8 heteroatoms. The molecule has 1 aliphatic rings. The van der Waals surface area contributed by atoms with Gasteiger partial charge in [-0.25, -0.2) is 9.97 Å². The van der Waals surface area contributed by atoms with Crippen molar-refractivity contribution in [2.75, 3.05) is 39.3 Å². The van der Waals surface area contributed by atoms with E-state index in [2.05, 4.69) is 25.1 Å². The van der Waals surface area contributed by atoms with Crippen LogP contribution in [0.15, 0.2) is 58.3 Å². The number of aromatic nitrogens is 2. The lowest BCUT2D eigenvalue weighted by Gasteiger charge is -2.35. The zero-order valence-electron chi connectivity index (χ0n) is 18.7. The minimum absolute atomic E-state index is 0.243. The van der Waals surface area contributed by atoms with Crippen molar-refractivity contribution in [1.29, 1.82) is 0 Å². The number of benzene rings is 2. The molecule has 0 bridgehead atoms. The van der Waals surface area contributed by atoms with E-state index in [1.807, 2.05) is 55.5 Å². The fourth-order valence-corrected chi connectivity index (χ4v) is 4.69. The zero-order chi connectivity index (χ0) is 22.6. The summed E-state index contributed by atoms with van der Waals surface area (Å²) in [5, 5.41) is 13.8. The Morgan fingerprint density at radius 1 is 1.06 bits per heavy atom. The van der Waals surface area contributed by atoms with Gasteiger partial charge in [0.1, 0.15) is 24.0 Å². The van der Waals surface area contributed by atoms with Crippen molar-refractivity contribution in [2.24, 2.45) is 0 Å². The number of fused-ring (bicyclic) bond motifs is 1. The number of aryl methyl sites for hydroxylation is 1. The van der Waals surface area contributed by atoms with Crippen LogP contribution in [0.3, 0.4) is 0 Å². The van der Waals surface area contributed by atoms with Crippen molar-refractivity contribution in [1.82, 2.24) is 19.8 Å². The van der Waals surface area contributed by atoms with E-state index in [4.69, 9.17) is 9.15 Å². The van der Waals surface area contributed by atoms with E-state index < -0.39 is 6.10 Å². The number of aliphatic hydroxyl groups is 1. The van der Waals surface area contributed by atoms with Gasteiger partial charge in [0.2, 0.25) is 5.89 Å². The Bertz CT molecular complexity index is 1180. The molecule has 33 heavy (non-hydrogen) atoms. The largest absolute Gasteiger partial charge is 0.491 e. The summed E-state index contributed by atoms with van der Waals surface area (Å²) < 4.78 is 11.7. The molecule has 0 saturated carbocycles. The molecule has 1 saturated heterocycles. The second kappa shape index (κ2) is 10.0. The standard InChI is InChI=1S/C25H28N4O3S/c1-18-26-20(17-33-18)14-28-9-11-29(12-10-28)15-21(30)16-31-22-7-8-24-23(13-22)27-25(32-24)19-5-3-2-4-6-19/h2-8,13,17,21,30H,9-12,14-16H2,1H3. The average Bonchev–Trinajstić information content (AvgIpc) is 3.45. The number of aliphatic hydroxyl groups excluding tert-OH is 1. The molecule has 0 aliphatic carbocycles. The SMILES string of the molecule is Cc1nc(CN2CCN(CC(O)COc3ccc4oc(-c5ccccc5)nc4c3)CC2)cs1. The number of hydrogen-bond acceptors (Lipinski definition) is 8. The Balaban J connectivity index is 1.09. The zero-order valence-corrected chi connectivity index (χ0v) is 19.5. The van der Waals surface area contributed by atoms with Gasteiger partial charge in [0.25, 0.3) is 0 Å². The first kappa shape index (κ1) is 22.0. The molecule has 2 aromatic carbocycles. The highest BCUT2D eigenvalue weighted by Crippen LogP contribution is 2.27. The Hall–Kier alpha value is -2.78. The highest BCUT2D eigenvalue weighted by molar-refractivity contribution is 7.09. The third-order valence-corrected chi connectivity index (χ3v) is 6.63. The maximum Gasteiger partial charge on any atom is 0.227 e. The topological polar surface area (TPSA) is 74.9 Å². The lowest BCUT2D eigenvalue weighted by atomic mass is 10.2. The molecule has 5 rings (SSSR count). The summed E-state index contributed by atoms with van der Waals surface area (Å²) in [6.07, 6.45) is -0.550. The van der Waals surface area contributed by atoms with Gasteiger partial charge < -0.3 is 14.3 Å². The van der Waals surface area contributed by atoms with Crippen molar-refractivity contribution in [3.8, 4) is 17.2 Å². The van der Waals surface area contributed by atoms with Gasteiger partial charge >= 0.3 is 0 Å². The van der Waals surface area contributed by atoms with Gasteiger partial charge in [0.15, 0.2) is 5.58 Å². The van der Waals surface area contributed by atoms with Gasteiger partial charge in [0, 0.05) is 56.3 Å². The molecular formula is C25H28N4O3S. The van der Waals surface area contributed by atoms with Crippen LogP contribution < -0.4 is 4.74 Å². The predicted octanol–water partition coefficient (Wildman–Crippen LogP) is 3.82. The quantitative estimate of drug-likeness (QED) is 0.425. The molecule has 7 nitrogen and oxygen atoms in total. The van der Waals surface area contributed by atoms with Crippen molar-refractivity contribution in [3.05, 3.63) is 64.6 Å². The maximum atomic E-state index is 10.5. The van der Waals surface area contributed by atoms with Gasteiger partial charge in [-0.2, -0.15) is 0 Å². The number of piperazine rings is 1. The summed E-state index contributed by atoms with van der Waals surface area (Å²) in [5.74, 6) is 1.27. The first-order valence-corrected chi connectivity index (χ1v) is 12.1. The van der Waals surface area contributed by atoms with Crippen molar-refractivity contribution in [2.45, 2.75) is 19.6 Å². The Kier molecular flexibility index (Phi) is 6.68. The summed E-state index contributed by atoms with van der Waals surface area (Å²) in [5.41, 5.74) is 3.55. The number of rotatable bonds is 8. The molecular weight excluding hydrogens is 436 g/mol. The van der Waals surface area contributed by atoms with E-state index in [-0.39, 0.29) is 6.61 Å². The van der Waals surface area contributed by atoms with Crippen molar-refractivity contribution in [3.63, 3.8) is 0 Å². The van der Waals surface area contributed by atoms with Crippen molar-refractivity contribution < 1.29 is 14.3 Å². The Labute approximate surface area is 197 Å². The lowest BCUT2D eigenvalue weighted by molar-refractivity contribution is 0.0444. The number of hydrogen-bond donors (Lipinski definition) is 1. The number of thiazole rings is 1. The van der Waals surface area contributed by atoms with Gasteiger partial charge in [-0.15, -0.1) is 11.3 Å². The van der Waals surface area contributed by atoms with Crippen LogP contribution in [0.5, 0.6) is 5.75 Å². The summed E-state index contributed by atoms with van der Waals surface area (Å²) in [6.45, 7) is 7.64. The molecule has 172 valence electrons. The first-order chi connectivity index (χ1) is 16.1. The van der Waals surface area contributed by atoms with E-state index in [1.54, 1.807) is 11.3 Å². The number of oxazole rings is 1. The molecule has 1 N–H and O–H groups in total. The van der Waals surface area contributed by atoms with Gasteiger partial charge in [-0.1, -0.05) is 18.2 Å². The first-order valence-electron chi connectivity index (χ1n) is 11.2. The predicted molar refractivity (Wildman–Crippen MR) is 130 cm³/mol. The number of nitrogens with zero attached hydrogens (tertiary/aromatic N) is 4. The average molecular weight is 465 g/mol. The maximum absolute atomic E-state index is 10.5. The fourth-order valence-electron chi connectivity index (χ4n) is 4.08. The third-order valence-electron chi connectivity index (χ3n) is 5.81. The number of β-amino-alcohol motifs (C(OH)–C–C–N with tert-alkyl or cyclic N) is 1. The summed E-state index contributed by atoms with van der Waals surface area (Å²) >= 11 is 1.70. The molecule has 0 radical (unpaired) electrons. The number of ether oxygens (including phenoxy) is 1. The molecule has 0 spiro atoms. The van der Waals surface area contributed by atoms with E-state index in [9.17, 15) is 5.11 Å². The van der Waals surface area contributed by atoms with Gasteiger partial charge in [-0.3, -0.25) is 9.80 Å². The van der Waals surface area contributed by atoms with Crippen LogP contribution in [0.25, 0.3) is 22.6 Å².